The van der Waals surface area contributed by atoms with Crippen LogP contribution in [0.1, 0.15) is 52.4 Å². The maximum atomic E-state index is 12.6. The van der Waals surface area contributed by atoms with Gasteiger partial charge in [-0.3, -0.25) is 14.4 Å². The molecule has 0 radical (unpaired) electrons. The molecule has 0 fully saturated rings. The number of rotatable bonds is 9. The molecule has 1 heterocycles. The van der Waals surface area contributed by atoms with E-state index in [1.54, 1.807) is 32.0 Å². The van der Waals surface area contributed by atoms with Crippen LogP contribution in [0.25, 0.3) is 0 Å². The molecule has 9 heteroatoms. The number of aryl methyl sites for hydroxylation is 1. The summed E-state index contributed by atoms with van der Waals surface area (Å²) < 4.78 is 31.7. The van der Waals surface area contributed by atoms with Gasteiger partial charge in [0.2, 0.25) is 15.8 Å². The molecule has 29 heavy (non-hydrogen) atoms. The number of Topliss-reactive ketones (excluding diaryl/α,β-unsaturated/α-hetero) is 2. The Bertz CT molecular complexity index is 1020. The third-order valence-electron chi connectivity index (χ3n) is 4.39. The van der Waals surface area contributed by atoms with Gasteiger partial charge < -0.3 is 9.72 Å². The Labute approximate surface area is 169 Å². The highest BCUT2D eigenvalue weighted by Gasteiger charge is 2.26. The van der Waals surface area contributed by atoms with Crippen LogP contribution in [-0.4, -0.2) is 43.6 Å². The van der Waals surface area contributed by atoms with Crippen molar-refractivity contribution in [1.29, 1.82) is 0 Å². The monoisotopic (exact) mass is 420 g/mol. The number of esters is 1. The number of benzene rings is 1. The predicted molar refractivity (Wildman–Crippen MR) is 106 cm³/mol. The second kappa shape index (κ2) is 9.15. The Hall–Kier alpha value is -2.78. The van der Waals surface area contributed by atoms with Crippen LogP contribution in [0, 0.1) is 13.8 Å². The van der Waals surface area contributed by atoms with E-state index in [1.807, 2.05) is 0 Å². The van der Waals surface area contributed by atoms with Gasteiger partial charge in [0.05, 0.1) is 17.0 Å². The molecule has 0 saturated heterocycles. The van der Waals surface area contributed by atoms with E-state index in [1.165, 1.54) is 26.0 Å². The average molecular weight is 420 g/mol. The molecule has 0 spiro atoms. The van der Waals surface area contributed by atoms with Gasteiger partial charge in [-0.1, -0.05) is 18.2 Å². The summed E-state index contributed by atoms with van der Waals surface area (Å²) in [7, 11) is -3.72. The van der Waals surface area contributed by atoms with Gasteiger partial charge in [0, 0.05) is 17.8 Å². The molecule has 1 atom stereocenters. The van der Waals surface area contributed by atoms with Crippen molar-refractivity contribution in [1.82, 2.24) is 9.71 Å². The Kier molecular flexibility index (Phi) is 7.10. The Balaban J connectivity index is 1.93. The molecule has 0 unspecified atom stereocenters. The van der Waals surface area contributed by atoms with Crippen molar-refractivity contribution in [2.24, 2.45) is 0 Å². The lowest BCUT2D eigenvalue weighted by molar-refractivity contribution is -0.146. The Morgan fingerprint density at radius 2 is 1.76 bits per heavy atom. The highest BCUT2D eigenvalue weighted by Crippen LogP contribution is 2.20. The zero-order chi connectivity index (χ0) is 21.8. The number of aromatic amines is 1. The minimum atomic E-state index is -3.72. The molecule has 1 aromatic carbocycles. The lowest BCUT2D eigenvalue weighted by Gasteiger charge is -2.12. The lowest BCUT2D eigenvalue weighted by Crippen LogP contribution is -2.29. The second-order valence-electron chi connectivity index (χ2n) is 6.64. The maximum absolute atomic E-state index is 12.6. The molecule has 0 saturated carbocycles. The highest BCUT2D eigenvalue weighted by atomic mass is 32.2. The molecule has 2 aromatic rings. The number of hydrogen-bond donors (Lipinski definition) is 2. The van der Waals surface area contributed by atoms with E-state index in [2.05, 4.69) is 9.71 Å². The van der Waals surface area contributed by atoms with Crippen molar-refractivity contribution in [3.63, 3.8) is 0 Å². The third-order valence-corrected chi connectivity index (χ3v) is 5.87. The molecule has 1 aromatic heterocycles. The summed E-state index contributed by atoms with van der Waals surface area (Å²) >= 11 is 0. The summed E-state index contributed by atoms with van der Waals surface area (Å²) in [6, 6.07) is 7.77. The second-order valence-corrected chi connectivity index (χ2v) is 8.41. The number of aromatic nitrogens is 1. The predicted octanol–water partition coefficient (Wildman–Crippen LogP) is 2.32. The summed E-state index contributed by atoms with van der Waals surface area (Å²) in [6.45, 7) is 6.03. The number of ketones is 2. The molecule has 0 aliphatic carbocycles. The summed E-state index contributed by atoms with van der Waals surface area (Å²) in [5, 5.41) is 0. The zero-order valence-corrected chi connectivity index (χ0v) is 17.6. The summed E-state index contributed by atoms with van der Waals surface area (Å²) in [4.78, 5) is 39.2. The minimum absolute atomic E-state index is 0.0933. The number of H-pyrrole nitrogens is 1. The fraction of sp³-hybridized carbons (Fsp3) is 0.350. The van der Waals surface area contributed by atoms with E-state index >= 15 is 0 Å². The van der Waals surface area contributed by atoms with Crippen molar-refractivity contribution in [3.05, 3.63) is 52.8 Å². The van der Waals surface area contributed by atoms with Crippen molar-refractivity contribution in [2.45, 2.75) is 45.1 Å². The normalized spacial score (nSPS) is 12.4. The molecular weight excluding hydrogens is 396 g/mol. The first-order chi connectivity index (χ1) is 13.5. The molecule has 0 aliphatic heterocycles. The number of carbonyl (C=O) groups is 3. The Morgan fingerprint density at radius 1 is 1.14 bits per heavy atom. The van der Waals surface area contributed by atoms with Crippen molar-refractivity contribution in [2.75, 3.05) is 6.54 Å². The largest absolute Gasteiger partial charge is 0.454 e. The number of hydrogen-bond acceptors (Lipinski definition) is 6. The number of carbonyl (C=O) groups excluding carboxylic acids is 3. The molecule has 0 aliphatic rings. The average Bonchev–Trinajstić information content (AvgIpc) is 2.95. The van der Waals surface area contributed by atoms with Crippen LogP contribution in [0.2, 0.25) is 0 Å². The summed E-state index contributed by atoms with van der Waals surface area (Å²) in [6.07, 6.45) is -1.31. The van der Waals surface area contributed by atoms with E-state index in [-0.39, 0.29) is 29.3 Å². The third kappa shape index (κ3) is 5.39. The van der Waals surface area contributed by atoms with Gasteiger partial charge in [0.1, 0.15) is 0 Å². The van der Waals surface area contributed by atoms with Crippen LogP contribution < -0.4 is 4.72 Å². The van der Waals surface area contributed by atoms with E-state index in [0.717, 1.165) is 0 Å². The standard InChI is InChI=1S/C20H24N2O6S/c1-12-18(14(3)23)13(2)22-19(12)20(25)15(4)28-17(24)10-11-21-29(26,27)16-8-6-5-7-9-16/h5-9,15,21-22H,10-11H2,1-4H3/t15-/m1/s1. The smallest absolute Gasteiger partial charge is 0.307 e. The number of ether oxygens (including phenoxy) is 1. The fourth-order valence-electron chi connectivity index (χ4n) is 3.01. The van der Waals surface area contributed by atoms with Gasteiger partial charge in [-0.15, -0.1) is 0 Å². The number of nitrogens with one attached hydrogen (secondary N) is 2. The minimum Gasteiger partial charge on any atom is -0.454 e. The maximum Gasteiger partial charge on any atom is 0.307 e. The zero-order valence-electron chi connectivity index (χ0n) is 16.7. The topological polar surface area (TPSA) is 122 Å². The molecule has 0 amide bonds. The van der Waals surface area contributed by atoms with Crippen LogP contribution in [0.15, 0.2) is 35.2 Å². The van der Waals surface area contributed by atoms with E-state index in [4.69, 9.17) is 4.74 Å². The van der Waals surface area contributed by atoms with Crippen LogP contribution in [-0.2, 0) is 19.6 Å². The fourth-order valence-corrected chi connectivity index (χ4v) is 4.06. The summed E-state index contributed by atoms with van der Waals surface area (Å²) in [5.74, 6) is -1.34. The van der Waals surface area contributed by atoms with Gasteiger partial charge in [-0.25, -0.2) is 13.1 Å². The first-order valence-electron chi connectivity index (χ1n) is 9.03. The van der Waals surface area contributed by atoms with Crippen molar-refractivity contribution in [3.8, 4) is 0 Å². The molecular formula is C20H24N2O6S. The first kappa shape index (κ1) is 22.5. The Morgan fingerprint density at radius 3 is 2.31 bits per heavy atom. The molecule has 8 nitrogen and oxygen atoms in total. The molecule has 156 valence electrons. The molecule has 2 rings (SSSR count). The van der Waals surface area contributed by atoms with Gasteiger partial charge in [0.15, 0.2) is 11.9 Å². The van der Waals surface area contributed by atoms with E-state index in [0.29, 0.717) is 16.8 Å². The summed E-state index contributed by atoms with van der Waals surface area (Å²) in [5.41, 5.74) is 1.76. The quantitative estimate of drug-likeness (QED) is 0.474. The van der Waals surface area contributed by atoms with Crippen molar-refractivity contribution >= 4 is 27.6 Å². The van der Waals surface area contributed by atoms with Crippen LogP contribution >= 0.6 is 0 Å². The first-order valence-corrected chi connectivity index (χ1v) is 10.5. The van der Waals surface area contributed by atoms with Crippen LogP contribution in [0.4, 0.5) is 0 Å². The van der Waals surface area contributed by atoms with E-state index < -0.39 is 27.9 Å². The van der Waals surface area contributed by atoms with Gasteiger partial charge in [-0.2, -0.15) is 0 Å². The van der Waals surface area contributed by atoms with Gasteiger partial charge in [0.25, 0.3) is 0 Å². The SMILES string of the molecule is CC(=O)c1c(C)[nH]c(C(=O)[C@@H](C)OC(=O)CCNS(=O)(=O)c2ccccc2)c1C. The van der Waals surface area contributed by atoms with Gasteiger partial charge in [-0.05, 0) is 45.4 Å². The van der Waals surface area contributed by atoms with E-state index in [9.17, 15) is 22.8 Å². The molecule has 2 N–H and O–H groups in total. The highest BCUT2D eigenvalue weighted by molar-refractivity contribution is 7.89. The van der Waals surface area contributed by atoms with Crippen LogP contribution in [0.5, 0.6) is 0 Å². The van der Waals surface area contributed by atoms with Crippen molar-refractivity contribution < 1.29 is 27.5 Å². The lowest BCUT2D eigenvalue weighted by atomic mass is 10.0. The van der Waals surface area contributed by atoms with Gasteiger partial charge >= 0.3 is 5.97 Å². The molecule has 0 bridgehead atoms. The number of sulfonamides is 1. The van der Waals surface area contributed by atoms with Crippen LogP contribution in [0.3, 0.4) is 0 Å².